The summed E-state index contributed by atoms with van der Waals surface area (Å²) < 4.78 is 5.31. The molecular weight excluding hydrogens is 270 g/mol. The minimum atomic E-state index is -1.22. The molecule has 0 bridgehead atoms. The molecule has 0 radical (unpaired) electrons. The van der Waals surface area contributed by atoms with Crippen molar-refractivity contribution in [2.45, 2.75) is 44.4 Å². The molecule has 5 nitrogen and oxygen atoms in total. The zero-order valence-electron chi connectivity index (χ0n) is 12.1. The Labute approximate surface area is 120 Å². The largest absolute Gasteiger partial charge is 0.461 e. The van der Waals surface area contributed by atoms with E-state index in [1.165, 1.54) is 0 Å². The van der Waals surface area contributed by atoms with Crippen molar-refractivity contribution in [3.63, 3.8) is 0 Å². The van der Waals surface area contributed by atoms with Crippen LogP contribution in [0.4, 0.5) is 0 Å². The fraction of sp³-hybridized carbons (Fsp3) is 0.571. The van der Waals surface area contributed by atoms with Gasteiger partial charge >= 0.3 is 5.97 Å². The zero-order chi connectivity index (χ0) is 14.8. The topological polar surface area (TPSA) is 75.9 Å². The highest BCUT2D eigenvalue weighted by molar-refractivity contribution is 6.76. The second kappa shape index (κ2) is 5.71. The van der Waals surface area contributed by atoms with Crippen molar-refractivity contribution in [1.82, 2.24) is 10.2 Å². The van der Waals surface area contributed by atoms with Gasteiger partial charge in [0, 0.05) is 8.07 Å². The van der Waals surface area contributed by atoms with Crippen LogP contribution in [0.15, 0.2) is 6.07 Å². The number of nitrogens with zero attached hydrogens (tertiary/aromatic N) is 3. The zero-order valence-corrected chi connectivity index (χ0v) is 13.1. The molecule has 1 fully saturated rings. The Hall–Kier alpha value is -1.74. The van der Waals surface area contributed by atoms with Gasteiger partial charge in [0.15, 0.2) is 11.4 Å². The maximum absolute atomic E-state index is 12.1. The van der Waals surface area contributed by atoms with Crippen LogP contribution in [0, 0.1) is 11.3 Å². The van der Waals surface area contributed by atoms with Crippen molar-refractivity contribution in [3.8, 4) is 6.07 Å². The van der Waals surface area contributed by atoms with Gasteiger partial charge < -0.3 is 4.74 Å². The number of esters is 1. The number of nitriles is 1. The number of hydrogen-bond donors (Lipinski definition) is 0. The molecule has 20 heavy (non-hydrogen) atoms. The highest BCUT2D eigenvalue weighted by atomic mass is 28.3. The van der Waals surface area contributed by atoms with Crippen molar-refractivity contribution < 1.29 is 9.53 Å². The van der Waals surface area contributed by atoms with E-state index in [1.807, 2.05) is 6.07 Å². The average molecular weight is 289 g/mol. The minimum absolute atomic E-state index is 0.255. The van der Waals surface area contributed by atoms with Gasteiger partial charge in [-0.2, -0.15) is 5.26 Å². The third-order valence-corrected chi connectivity index (χ3v) is 4.94. The van der Waals surface area contributed by atoms with Crippen LogP contribution in [-0.4, -0.2) is 30.8 Å². The summed E-state index contributed by atoms with van der Waals surface area (Å²) in [5, 5.41) is 16.5. The first-order chi connectivity index (χ1) is 9.40. The molecule has 0 aromatic carbocycles. The Morgan fingerprint density at radius 2 is 2.15 bits per heavy atom. The summed E-state index contributed by atoms with van der Waals surface area (Å²) in [7, 11) is -1.22. The highest BCUT2D eigenvalue weighted by Gasteiger charge is 2.30. The van der Waals surface area contributed by atoms with E-state index in [4.69, 9.17) is 10.00 Å². The average Bonchev–Trinajstić information content (AvgIpc) is 3.20. The smallest absolute Gasteiger partial charge is 0.359 e. The van der Waals surface area contributed by atoms with Crippen LogP contribution in [-0.2, 0) is 4.74 Å². The summed E-state index contributed by atoms with van der Waals surface area (Å²) in [6.07, 6.45) is 2.07. The number of rotatable bonds is 5. The summed E-state index contributed by atoms with van der Waals surface area (Å²) in [5.74, 6) is -0.0840. The maximum Gasteiger partial charge on any atom is 0.359 e. The van der Waals surface area contributed by atoms with E-state index in [0.717, 1.165) is 24.4 Å². The van der Waals surface area contributed by atoms with Crippen LogP contribution in [0.1, 0.15) is 40.5 Å². The lowest BCUT2D eigenvalue weighted by Gasteiger charge is -2.15. The molecule has 0 spiro atoms. The molecule has 1 aliphatic rings. The summed E-state index contributed by atoms with van der Waals surface area (Å²) in [5.41, 5.74) is 1.35. The van der Waals surface area contributed by atoms with Crippen LogP contribution < -0.4 is 0 Å². The monoisotopic (exact) mass is 289 g/mol. The van der Waals surface area contributed by atoms with E-state index in [2.05, 4.69) is 29.8 Å². The summed E-state index contributed by atoms with van der Waals surface area (Å²) >= 11 is 0. The quantitative estimate of drug-likeness (QED) is 0.615. The number of aromatic nitrogens is 2. The number of carbonyl (C=O) groups is 1. The maximum atomic E-state index is 12.1. The van der Waals surface area contributed by atoms with Crippen molar-refractivity contribution >= 4 is 14.0 Å². The van der Waals surface area contributed by atoms with Gasteiger partial charge in [-0.15, -0.1) is 10.2 Å². The Morgan fingerprint density at radius 3 is 2.70 bits per heavy atom. The lowest BCUT2D eigenvalue weighted by molar-refractivity contribution is 0.0515. The van der Waals surface area contributed by atoms with Crippen LogP contribution >= 0.6 is 0 Å². The number of carbonyl (C=O) groups excluding carboxylic acids is 1. The van der Waals surface area contributed by atoms with E-state index in [-0.39, 0.29) is 11.4 Å². The third kappa shape index (κ3) is 3.87. The highest BCUT2D eigenvalue weighted by Crippen LogP contribution is 2.41. The Bertz CT molecular complexity index is 557. The Kier molecular flexibility index (Phi) is 4.19. The van der Waals surface area contributed by atoms with Gasteiger partial charge in [0.1, 0.15) is 6.07 Å². The van der Waals surface area contributed by atoms with Crippen molar-refractivity contribution in [3.05, 3.63) is 23.0 Å². The van der Waals surface area contributed by atoms with Crippen molar-refractivity contribution in [2.24, 2.45) is 0 Å². The standard InChI is InChI=1S/C14H19N3O2Si/c1-20(2,3)7-6-19-14(18)13-12(10-4-5-10)8-11(9-15)16-17-13/h8,10H,4-7H2,1-3H3. The molecule has 1 aromatic rings. The van der Waals surface area contributed by atoms with Crippen LogP contribution in [0.25, 0.3) is 0 Å². The lowest BCUT2D eigenvalue weighted by Crippen LogP contribution is -2.23. The summed E-state index contributed by atoms with van der Waals surface area (Å²) in [4.78, 5) is 12.1. The molecule has 1 aliphatic carbocycles. The van der Waals surface area contributed by atoms with Gasteiger partial charge in [-0.25, -0.2) is 4.79 Å². The molecule has 2 rings (SSSR count). The SMILES string of the molecule is C[Si](C)(C)CCOC(=O)c1nnc(C#N)cc1C1CC1. The molecule has 0 N–H and O–H groups in total. The molecule has 0 unspecified atom stereocenters. The molecule has 1 saturated carbocycles. The van der Waals surface area contributed by atoms with Gasteiger partial charge in [-0.3, -0.25) is 0 Å². The van der Waals surface area contributed by atoms with E-state index in [1.54, 1.807) is 6.07 Å². The van der Waals surface area contributed by atoms with Gasteiger partial charge in [0.25, 0.3) is 0 Å². The van der Waals surface area contributed by atoms with E-state index in [9.17, 15) is 4.79 Å². The van der Waals surface area contributed by atoms with E-state index < -0.39 is 14.0 Å². The molecular formula is C14H19N3O2Si. The second-order valence-corrected chi connectivity index (χ2v) is 12.0. The first kappa shape index (κ1) is 14.7. The van der Waals surface area contributed by atoms with Gasteiger partial charge in [-0.05, 0) is 36.4 Å². The van der Waals surface area contributed by atoms with E-state index in [0.29, 0.717) is 12.5 Å². The summed E-state index contributed by atoms with van der Waals surface area (Å²) in [6.45, 7) is 7.13. The Morgan fingerprint density at radius 1 is 1.45 bits per heavy atom. The second-order valence-electron chi connectivity index (χ2n) is 6.37. The van der Waals surface area contributed by atoms with Crippen molar-refractivity contribution in [1.29, 1.82) is 5.26 Å². The molecule has 106 valence electrons. The van der Waals surface area contributed by atoms with Crippen molar-refractivity contribution in [2.75, 3.05) is 6.61 Å². The molecule has 0 atom stereocenters. The number of ether oxygens (including phenoxy) is 1. The molecule has 6 heteroatoms. The first-order valence-electron chi connectivity index (χ1n) is 6.85. The normalized spacial score (nSPS) is 14.7. The molecule has 1 aromatic heterocycles. The fourth-order valence-corrected chi connectivity index (χ4v) is 2.56. The third-order valence-electron chi connectivity index (χ3n) is 3.23. The first-order valence-corrected chi connectivity index (χ1v) is 10.6. The van der Waals surface area contributed by atoms with Gasteiger partial charge in [-0.1, -0.05) is 19.6 Å². The van der Waals surface area contributed by atoms with E-state index >= 15 is 0 Å². The molecule has 0 aliphatic heterocycles. The fourth-order valence-electron chi connectivity index (χ4n) is 1.84. The van der Waals surface area contributed by atoms with Crippen LogP contribution in [0.3, 0.4) is 0 Å². The van der Waals surface area contributed by atoms with Crippen LogP contribution in [0.5, 0.6) is 0 Å². The molecule has 0 amide bonds. The summed E-state index contributed by atoms with van der Waals surface area (Å²) in [6, 6.07) is 4.56. The number of hydrogen-bond acceptors (Lipinski definition) is 5. The molecule has 1 heterocycles. The van der Waals surface area contributed by atoms with Crippen LogP contribution in [0.2, 0.25) is 25.7 Å². The lowest BCUT2D eigenvalue weighted by atomic mass is 10.1. The predicted octanol–water partition coefficient (Wildman–Crippen LogP) is 2.72. The minimum Gasteiger partial charge on any atom is -0.461 e. The molecule has 0 saturated heterocycles. The van der Waals surface area contributed by atoms with Gasteiger partial charge in [0.2, 0.25) is 0 Å². The predicted molar refractivity (Wildman–Crippen MR) is 77.2 cm³/mol. The van der Waals surface area contributed by atoms with Gasteiger partial charge in [0.05, 0.1) is 6.61 Å². The Balaban J connectivity index is 2.08.